The van der Waals surface area contributed by atoms with Gasteiger partial charge in [-0.2, -0.15) is 15.8 Å². The van der Waals surface area contributed by atoms with Gasteiger partial charge >= 0.3 is 0 Å². The van der Waals surface area contributed by atoms with Gasteiger partial charge in [0.15, 0.2) is 0 Å². The van der Waals surface area contributed by atoms with Crippen molar-refractivity contribution in [1.29, 1.82) is 0 Å². The molecule has 0 atom stereocenters. The van der Waals surface area contributed by atoms with Crippen LogP contribution in [0, 0.1) is 0 Å². The molecule has 0 aromatic rings. The highest BCUT2D eigenvalue weighted by atomic mass is 16.8. The molecule has 5 heavy (non-hydrogen) atoms. The lowest BCUT2D eigenvalue weighted by Crippen LogP contribution is -2.13. The van der Waals surface area contributed by atoms with Crippen molar-refractivity contribution in [3.05, 3.63) is 0 Å². The molecular formula is CH4N3O. The Balaban J connectivity index is 2.08. The Kier molecular flexibility index (Phi) is 0.806. The summed E-state index contributed by atoms with van der Waals surface area (Å²) in [4.78, 5) is 4.21. The van der Waals surface area contributed by atoms with Crippen LogP contribution in [0.4, 0.5) is 0 Å². The van der Waals surface area contributed by atoms with Crippen molar-refractivity contribution in [3.8, 4) is 0 Å². The smallest absolute Gasteiger partial charge is 0.0890 e. The average molecular weight is 74.1 g/mol. The minimum Gasteiger partial charge on any atom is -0.195 e. The van der Waals surface area contributed by atoms with Crippen LogP contribution in [0.25, 0.3) is 0 Å². The molecule has 1 heterocycles. The van der Waals surface area contributed by atoms with E-state index in [4.69, 9.17) is 0 Å². The molecule has 4 nitrogen and oxygen atoms in total. The van der Waals surface area contributed by atoms with Crippen LogP contribution >= 0.6 is 0 Å². The molecule has 0 bridgehead atoms. The summed E-state index contributed by atoms with van der Waals surface area (Å²) in [6.07, 6.45) is 0. The van der Waals surface area contributed by atoms with Crippen LogP contribution in [0.2, 0.25) is 0 Å². The standard InChI is InChI=1S/CH4N3O/c1-2-4-5-3-1/h2-3H,1H2. The van der Waals surface area contributed by atoms with Gasteiger partial charge in [-0.25, -0.2) is 0 Å². The Bertz CT molecular complexity index is 18.5. The van der Waals surface area contributed by atoms with E-state index in [-0.39, 0.29) is 0 Å². The van der Waals surface area contributed by atoms with Gasteiger partial charge in [-0.3, -0.25) is 0 Å². The maximum Gasteiger partial charge on any atom is 0.0890 e. The van der Waals surface area contributed by atoms with Crippen molar-refractivity contribution >= 4 is 0 Å². The first-order valence-electron chi connectivity index (χ1n) is 1.32. The molecule has 1 radical (unpaired) electrons. The zero-order chi connectivity index (χ0) is 3.54. The molecule has 4 heteroatoms. The van der Waals surface area contributed by atoms with Crippen LogP contribution in [-0.4, -0.2) is 6.67 Å². The largest absolute Gasteiger partial charge is 0.195 e. The van der Waals surface area contributed by atoms with Gasteiger partial charge in [-0.1, -0.05) is 0 Å². The maximum atomic E-state index is 4.21. The molecule has 0 saturated carbocycles. The van der Waals surface area contributed by atoms with Crippen molar-refractivity contribution < 1.29 is 4.94 Å². The molecule has 0 aliphatic carbocycles. The van der Waals surface area contributed by atoms with E-state index in [1.165, 1.54) is 0 Å². The Hall–Kier alpha value is -0.160. The zero-order valence-corrected chi connectivity index (χ0v) is 2.56. The van der Waals surface area contributed by atoms with E-state index in [0.717, 1.165) is 0 Å². The van der Waals surface area contributed by atoms with Crippen LogP contribution in [0.15, 0.2) is 0 Å². The van der Waals surface area contributed by atoms with Crippen LogP contribution < -0.4 is 16.5 Å². The van der Waals surface area contributed by atoms with E-state index < -0.39 is 0 Å². The van der Waals surface area contributed by atoms with Crippen molar-refractivity contribution in [2.45, 2.75) is 0 Å². The molecule has 1 fully saturated rings. The molecular weight excluding hydrogens is 70.0 g/mol. The summed E-state index contributed by atoms with van der Waals surface area (Å²) in [5.74, 6) is 0. The second kappa shape index (κ2) is 1.32. The first-order valence-corrected chi connectivity index (χ1v) is 1.32. The third kappa shape index (κ3) is 0.555. The predicted molar refractivity (Wildman–Crippen MR) is 14.4 cm³/mol. The van der Waals surface area contributed by atoms with Crippen LogP contribution in [-0.2, 0) is 4.94 Å². The third-order valence-electron chi connectivity index (χ3n) is 0.326. The lowest BCUT2D eigenvalue weighted by Gasteiger charge is -1.73. The topological polar surface area (TPSA) is 47.4 Å². The summed E-state index contributed by atoms with van der Waals surface area (Å²) in [6.45, 7) is 0.611. The minimum atomic E-state index is 0.611. The highest BCUT2D eigenvalue weighted by Gasteiger charge is 1.92. The second-order valence-corrected chi connectivity index (χ2v) is 0.662. The van der Waals surface area contributed by atoms with E-state index in [9.17, 15) is 0 Å². The van der Waals surface area contributed by atoms with Gasteiger partial charge in [0.25, 0.3) is 0 Å². The molecule has 1 saturated heterocycles. The van der Waals surface area contributed by atoms with Crippen molar-refractivity contribution in [1.82, 2.24) is 16.5 Å². The molecule has 1 aliphatic rings. The van der Waals surface area contributed by atoms with Gasteiger partial charge in [-0.15, -0.1) is 0 Å². The summed E-state index contributed by atoms with van der Waals surface area (Å²) in [5, 5.41) is 0. The molecule has 29 valence electrons. The lowest BCUT2D eigenvalue weighted by molar-refractivity contribution is 0.00496. The predicted octanol–water partition coefficient (Wildman–Crippen LogP) is -1.50. The van der Waals surface area contributed by atoms with E-state index >= 15 is 0 Å². The van der Waals surface area contributed by atoms with E-state index in [1.54, 1.807) is 0 Å². The fourth-order valence-electron chi connectivity index (χ4n) is 0.161. The lowest BCUT2D eigenvalue weighted by atomic mass is 11.2. The quantitative estimate of drug-likeness (QED) is 0.367. The molecule has 0 unspecified atom stereocenters. The fraction of sp³-hybridized carbons (Fsp3) is 1.00. The second-order valence-electron chi connectivity index (χ2n) is 0.662. The van der Waals surface area contributed by atoms with Crippen molar-refractivity contribution in [3.63, 3.8) is 0 Å². The summed E-state index contributed by atoms with van der Waals surface area (Å²) >= 11 is 0. The number of nitrogens with zero attached hydrogens (tertiary/aromatic N) is 1. The van der Waals surface area contributed by atoms with Gasteiger partial charge in [0.2, 0.25) is 0 Å². The Morgan fingerprint density at radius 2 is 2.80 bits per heavy atom. The van der Waals surface area contributed by atoms with Crippen LogP contribution in [0.1, 0.15) is 0 Å². The van der Waals surface area contributed by atoms with Crippen LogP contribution in [0.3, 0.4) is 0 Å². The number of rotatable bonds is 0. The summed E-state index contributed by atoms with van der Waals surface area (Å²) in [7, 11) is 0. The van der Waals surface area contributed by atoms with Gasteiger partial charge in [0.1, 0.15) is 0 Å². The Labute approximate surface area is 29.4 Å². The molecule has 0 spiro atoms. The molecule has 0 aromatic heterocycles. The highest BCUT2D eigenvalue weighted by Crippen LogP contribution is 1.59. The van der Waals surface area contributed by atoms with Gasteiger partial charge < -0.3 is 0 Å². The molecule has 2 N–H and O–H groups in total. The normalized spacial score (nSPS) is 24.0. The summed E-state index contributed by atoms with van der Waals surface area (Å²) in [5.41, 5.74) is 8.18. The van der Waals surface area contributed by atoms with Gasteiger partial charge in [-0.05, 0) is 0 Å². The van der Waals surface area contributed by atoms with Crippen LogP contribution in [0.5, 0.6) is 0 Å². The summed E-state index contributed by atoms with van der Waals surface area (Å²) in [6, 6.07) is 0. The van der Waals surface area contributed by atoms with Crippen molar-refractivity contribution in [2.75, 3.05) is 6.67 Å². The highest BCUT2D eigenvalue weighted by molar-refractivity contribution is 4.21. The fourth-order valence-corrected chi connectivity index (χ4v) is 0.161. The minimum absolute atomic E-state index is 0.611. The number of hydrogen-bond donors (Lipinski definition) is 2. The molecule has 1 rings (SSSR count). The number of hydroxylamine groups is 1. The first kappa shape index (κ1) is 3.05. The molecule has 0 amide bonds. The Morgan fingerprint density at radius 1 is 1.80 bits per heavy atom. The summed E-state index contributed by atoms with van der Waals surface area (Å²) < 4.78 is 0. The molecule has 0 aromatic carbocycles. The van der Waals surface area contributed by atoms with Crippen molar-refractivity contribution in [2.24, 2.45) is 0 Å². The molecule has 1 aliphatic heterocycles. The number of hydrogen-bond acceptors (Lipinski definition) is 3. The monoisotopic (exact) mass is 74.0 g/mol. The average Bonchev–Trinajstić information content (AvgIpc) is 1.76. The zero-order valence-electron chi connectivity index (χ0n) is 2.56. The maximum absolute atomic E-state index is 4.21. The Morgan fingerprint density at radius 3 is 3.00 bits per heavy atom. The van der Waals surface area contributed by atoms with E-state index in [2.05, 4.69) is 21.4 Å². The van der Waals surface area contributed by atoms with Gasteiger partial charge in [0.05, 0.1) is 6.67 Å². The van der Waals surface area contributed by atoms with E-state index in [0.29, 0.717) is 6.67 Å². The van der Waals surface area contributed by atoms with E-state index in [1.807, 2.05) is 0 Å². The third-order valence-corrected chi connectivity index (χ3v) is 0.326. The SMILES string of the molecule is C1N[N]ON1. The van der Waals surface area contributed by atoms with Gasteiger partial charge in [0, 0.05) is 5.59 Å². The first-order chi connectivity index (χ1) is 2.50. The number of nitrogens with one attached hydrogen (secondary N) is 2.